The third kappa shape index (κ3) is 9.06. The highest BCUT2D eigenvalue weighted by Gasteiger charge is 2.19. The molecule has 0 aliphatic carbocycles. The Hall–Kier alpha value is -3.04. The van der Waals surface area contributed by atoms with E-state index in [2.05, 4.69) is 0 Å². The summed E-state index contributed by atoms with van der Waals surface area (Å²) in [4.78, 5) is 35.8. The average molecular weight is 547 g/mol. The Labute approximate surface area is 228 Å². The quantitative estimate of drug-likeness (QED) is 0.126. The number of benzene rings is 2. The number of phenolic OH excluding ortho intramolecular Hbond substituents is 1. The number of carbonyl (C=O) groups excluding carboxylic acids is 2. The summed E-state index contributed by atoms with van der Waals surface area (Å²) in [6.45, 7) is 5.43. The Balaban J connectivity index is 2.11. The monoisotopic (exact) mass is 546 g/mol. The van der Waals surface area contributed by atoms with Crippen molar-refractivity contribution in [3.05, 3.63) is 46.5 Å². The number of aliphatic hydroxyl groups excluding tert-OH is 1. The average Bonchev–Trinajstić information content (AvgIpc) is 2.86. The van der Waals surface area contributed by atoms with Gasteiger partial charge in [0.15, 0.2) is 11.6 Å². The lowest BCUT2D eigenvalue weighted by Crippen LogP contribution is -2.10. The van der Waals surface area contributed by atoms with Crippen molar-refractivity contribution < 1.29 is 39.2 Å². The van der Waals surface area contributed by atoms with Crippen LogP contribution in [0.3, 0.4) is 0 Å². The molecular weight excluding hydrogens is 508 g/mol. The van der Waals surface area contributed by atoms with Crippen molar-refractivity contribution in [1.82, 2.24) is 0 Å². The molecule has 0 bridgehead atoms. The zero-order valence-corrected chi connectivity index (χ0v) is 23.2. The van der Waals surface area contributed by atoms with Crippen LogP contribution in [0.25, 0.3) is 0 Å². The lowest BCUT2D eigenvalue weighted by Gasteiger charge is -2.19. The Kier molecular flexibility index (Phi) is 13.2. The van der Waals surface area contributed by atoms with Gasteiger partial charge in [-0.2, -0.15) is 0 Å². The van der Waals surface area contributed by atoms with E-state index in [1.54, 1.807) is 30.0 Å². The lowest BCUT2D eigenvalue weighted by atomic mass is 10.0. The van der Waals surface area contributed by atoms with Gasteiger partial charge in [-0.1, -0.05) is 13.3 Å². The van der Waals surface area contributed by atoms with Crippen LogP contribution in [-0.4, -0.2) is 58.4 Å². The summed E-state index contributed by atoms with van der Waals surface area (Å²) < 4.78 is 11.9. The predicted octanol–water partition coefficient (Wildman–Crippen LogP) is 5.48. The molecule has 0 unspecified atom stereocenters. The van der Waals surface area contributed by atoms with Gasteiger partial charge in [-0.15, -0.1) is 11.8 Å². The van der Waals surface area contributed by atoms with E-state index in [1.165, 1.54) is 13.8 Å². The fourth-order valence-corrected chi connectivity index (χ4v) is 5.05. The molecule has 3 N–H and O–H groups in total. The van der Waals surface area contributed by atoms with Crippen molar-refractivity contribution >= 4 is 29.3 Å². The van der Waals surface area contributed by atoms with E-state index in [9.17, 15) is 24.6 Å². The molecule has 0 radical (unpaired) electrons. The number of aromatic hydroxyl groups is 1. The van der Waals surface area contributed by atoms with E-state index in [0.29, 0.717) is 66.9 Å². The van der Waals surface area contributed by atoms with Gasteiger partial charge < -0.3 is 24.8 Å². The van der Waals surface area contributed by atoms with Crippen molar-refractivity contribution in [2.24, 2.45) is 0 Å². The van der Waals surface area contributed by atoms with Gasteiger partial charge in [-0.3, -0.25) is 14.4 Å². The minimum absolute atomic E-state index is 0.0335. The molecule has 0 heterocycles. The predicted molar refractivity (Wildman–Crippen MR) is 147 cm³/mol. The minimum Gasteiger partial charge on any atom is -0.507 e. The van der Waals surface area contributed by atoms with Crippen LogP contribution in [0.5, 0.6) is 17.2 Å². The SMILES string of the molecule is CCCc1c(SCCCOc2ccc(C(C)=O)c(OCCCC(=O)O)c2CCCO)ccc(C(C)=O)c1O. The molecule has 0 saturated carbocycles. The van der Waals surface area contributed by atoms with Crippen LogP contribution in [-0.2, 0) is 17.6 Å². The fraction of sp³-hybridized carbons (Fsp3) is 0.483. The summed E-state index contributed by atoms with van der Waals surface area (Å²) in [6, 6.07) is 6.93. The summed E-state index contributed by atoms with van der Waals surface area (Å²) in [6.07, 6.45) is 3.39. The van der Waals surface area contributed by atoms with Gasteiger partial charge in [0.2, 0.25) is 0 Å². The number of rotatable bonds is 18. The van der Waals surface area contributed by atoms with Gasteiger partial charge in [0.1, 0.15) is 17.2 Å². The zero-order valence-electron chi connectivity index (χ0n) is 22.4. The third-order valence-electron chi connectivity index (χ3n) is 5.89. The van der Waals surface area contributed by atoms with Crippen molar-refractivity contribution in [1.29, 1.82) is 0 Å². The van der Waals surface area contributed by atoms with E-state index in [4.69, 9.17) is 14.6 Å². The van der Waals surface area contributed by atoms with E-state index < -0.39 is 5.97 Å². The van der Waals surface area contributed by atoms with Crippen LogP contribution < -0.4 is 9.47 Å². The summed E-state index contributed by atoms with van der Waals surface area (Å²) in [5.74, 6) is 0.491. The van der Waals surface area contributed by atoms with Gasteiger partial charge in [0, 0.05) is 34.8 Å². The van der Waals surface area contributed by atoms with Crippen LogP contribution in [0.2, 0.25) is 0 Å². The first-order valence-corrected chi connectivity index (χ1v) is 13.9. The van der Waals surface area contributed by atoms with E-state index in [1.807, 2.05) is 13.0 Å². The number of hydrogen-bond donors (Lipinski definition) is 3. The maximum atomic E-state index is 12.2. The summed E-state index contributed by atoms with van der Waals surface area (Å²) >= 11 is 1.60. The second kappa shape index (κ2) is 16.0. The highest BCUT2D eigenvalue weighted by atomic mass is 32.2. The fourth-order valence-electron chi connectivity index (χ4n) is 4.03. The van der Waals surface area contributed by atoms with E-state index in [-0.39, 0.29) is 37.0 Å². The maximum absolute atomic E-state index is 12.2. The van der Waals surface area contributed by atoms with Crippen LogP contribution in [0, 0.1) is 0 Å². The molecule has 0 fully saturated rings. The Morgan fingerprint density at radius 2 is 1.55 bits per heavy atom. The first-order chi connectivity index (χ1) is 18.2. The van der Waals surface area contributed by atoms with Gasteiger partial charge >= 0.3 is 5.97 Å². The van der Waals surface area contributed by atoms with E-state index >= 15 is 0 Å². The summed E-state index contributed by atoms with van der Waals surface area (Å²) in [5.41, 5.74) is 2.21. The summed E-state index contributed by atoms with van der Waals surface area (Å²) in [7, 11) is 0. The van der Waals surface area contributed by atoms with E-state index in [0.717, 1.165) is 22.6 Å². The van der Waals surface area contributed by atoms with Crippen molar-refractivity contribution in [3.8, 4) is 17.2 Å². The Morgan fingerprint density at radius 1 is 0.868 bits per heavy atom. The first kappa shape index (κ1) is 31.2. The molecule has 2 aromatic rings. The van der Waals surface area contributed by atoms with Crippen molar-refractivity contribution in [2.75, 3.05) is 25.6 Å². The molecular formula is C29H38O8S. The highest BCUT2D eigenvalue weighted by Crippen LogP contribution is 2.36. The second-order valence-electron chi connectivity index (χ2n) is 8.94. The van der Waals surface area contributed by atoms with Crippen molar-refractivity contribution in [2.45, 2.75) is 70.6 Å². The molecule has 2 aromatic carbocycles. The van der Waals surface area contributed by atoms with Gasteiger partial charge in [0.05, 0.1) is 24.3 Å². The smallest absolute Gasteiger partial charge is 0.303 e. The summed E-state index contributed by atoms with van der Waals surface area (Å²) in [5, 5.41) is 28.9. The third-order valence-corrected chi connectivity index (χ3v) is 7.07. The largest absolute Gasteiger partial charge is 0.507 e. The first-order valence-electron chi connectivity index (χ1n) is 12.9. The molecule has 0 aromatic heterocycles. The Morgan fingerprint density at radius 3 is 2.18 bits per heavy atom. The molecule has 38 heavy (non-hydrogen) atoms. The topological polar surface area (TPSA) is 130 Å². The zero-order chi connectivity index (χ0) is 28.1. The van der Waals surface area contributed by atoms with Gasteiger partial charge in [-0.05, 0) is 70.2 Å². The lowest BCUT2D eigenvalue weighted by molar-refractivity contribution is -0.137. The molecule has 0 aliphatic rings. The number of Topliss-reactive ketones (excluding diaryl/α,β-unsaturated/α-hetero) is 2. The number of thioether (sulfide) groups is 1. The van der Waals surface area contributed by atoms with Gasteiger partial charge in [-0.25, -0.2) is 0 Å². The molecule has 0 saturated heterocycles. The normalized spacial score (nSPS) is 10.8. The van der Waals surface area contributed by atoms with Crippen LogP contribution in [0.1, 0.15) is 84.7 Å². The molecule has 9 heteroatoms. The molecule has 0 aliphatic heterocycles. The standard InChI is InChI=1S/C29H38O8S/c1-4-8-24-26(14-12-21(19(2)31)28(24)35)38-18-7-17-36-25-13-11-22(20(3)32)29(23(25)9-5-15-30)37-16-6-10-27(33)34/h11-14,30,35H,4-10,15-18H2,1-3H3,(H,33,34). The van der Waals surface area contributed by atoms with Crippen LogP contribution in [0.15, 0.2) is 29.2 Å². The number of aliphatic carboxylic acids is 1. The molecule has 2 rings (SSSR count). The second-order valence-corrected chi connectivity index (χ2v) is 10.1. The molecule has 0 atom stereocenters. The Bertz CT molecular complexity index is 1110. The number of carbonyl (C=O) groups is 3. The minimum atomic E-state index is -0.914. The number of carboxylic acid groups (broad SMARTS) is 1. The number of phenols is 1. The number of aliphatic hydroxyl groups is 1. The van der Waals surface area contributed by atoms with Crippen LogP contribution >= 0.6 is 11.8 Å². The molecule has 8 nitrogen and oxygen atoms in total. The van der Waals surface area contributed by atoms with Crippen LogP contribution in [0.4, 0.5) is 0 Å². The number of ketones is 2. The molecule has 0 amide bonds. The van der Waals surface area contributed by atoms with Gasteiger partial charge in [0.25, 0.3) is 0 Å². The van der Waals surface area contributed by atoms with Crippen molar-refractivity contribution in [3.63, 3.8) is 0 Å². The number of ether oxygens (including phenoxy) is 2. The maximum Gasteiger partial charge on any atom is 0.303 e. The highest BCUT2D eigenvalue weighted by molar-refractivity contribution is 7.99. The molecule has 0 spiro atoms. The number of hydrogen-bond acceptors (Lipinski definition) is 8. The number of carboxylic acids is 1. The molecule has 208 valence electrons.